The summed E-state index contributed by atoms with van der Waals surface area (Å²) in [6, 6.07) is 6.54. The van der Waals surface area contributed by atoms with Gasteiger partial charge in [0.15, 0.2) is 0 Å². The summed E-state index contributed by atoms with van der Waals surface area (Å²) >= 11 is 5.64. The molecule has 3 rings (SSSR count). The van der Waals surface area contributed by atoms with Gasteiger partial charge in [-0.2, -0.15) is 11.8 Å². The quantitative estimate of drug-likeness (QED) is 0.772. The van der Waals surface area contributed by atoms with Crippen LogP contribution in [0.25, 0.3) is 10.9 Å². The number of benzene rings is 1. The summed E-state index contributed by atoms with van der Waals surface area (Å²) in [6.45, 7) is 0. The van der Waals surface area contributed by atoms with E-state index in [1.165, 1.54) is 51.8 Å². The first-order chi connectivity index (χ1) is 7.84. The molecule has 84 valence electrons. The van der Waals surface area contributed by atoms with E-state index >= 15 is 0 Å². The number of thioether (sulfide) groups is 1. The molecule has 1 nitrogen and oxygen atoms in total. The van der Waals surface area contributed by atoms with E-state index in [0.29, 0.717) is 0 Å². The summed E-state index contributed by atoms with van der Waals surface area (Å²) in [7, 11) is 0. The van der Waals surface area contributed by atoms with Gasteiger partial charge in [-0.05, 0) is 54.5 Å². The first-order valence-electron chi connectivity index (χ1n) is 5.71. The van der Waals surface area contributed by atoms with Gasteiger partial charge in [-0.3, -0.25) is 0 Å². The third-order valence-corrected chi connectivity index (χ3v) is 4.73. The van der Waals surface area contributed by atoms with Crippen LogP contribution in [0, 0.1) is 0 Å². The van der Waals surface area contributed by atoms with E-state index in [4.69, 9.17) is 0 Å². The number of fused-ring (bicyclic) bond motifs is 3. The Labute approximate surface area is 108 Å². The summed E-state index contributed by atoms with van der Waals surface area (Å²) < 4.78 is 1.18. The van der Waals surface area contributed by atoms with E-state index in [9.17, 15) is 0 Å². The van der Waals surface area contributed by atoms with Crippen LogP contribution in [-0.4, -0.2) is 16.5 Å². The monoisotopic (exact) mass is 295 g/mol. The van der Waals surface area contributed by atoms with Gasteiger partial charge in [-0.1, -0.05) is 15.9 Å². The third kappa shape index (κ3) is 1.91. The Morgan fingerprint density at radius 3 is 3.06 bits per heavy atom. The normalized spacial score (nSPS) is 16.8. The largest absolute Gasteiger partial charge is 0.358 e. The van der Waals surface area contributed by atoms with E-state index in [2.05, 4.69) is 50.9 Å². The zero-order chi connectivity index (χ0) is 11.0. The van der Waals surface area contributed by atoms with Crippen molar-refractivity contribution in [3.8, 4) is 0 Å². The van der Waals surface area contributed by atoms with Crippen LogP contribution >= 0.6 is 27.7 Å². The molecule has 0 radical (unpaired) electrons. The maximum atomic E-state index is 3.58. The van der Waals surface area contributed by atoms with E-state index in [1.807, 2.05) is 0 Å². The van der Waals surface area contributed by atoms with Gasteiger partial charge in [-0.25, -0.2) is 0 Å². The average Bonchev–Trinajstić information content (AvgIpc) is 2.55. The zero-order valence-corrected chi connectivity index (χ0v) is 11.5. The minimum atomic E-state index is 1.18. The highest BCUT2D eigenvalue weighted by Gasteiger charge is 2.13. The van der Waals surface area contributed by atoms with Crippen molar-refractivity contribution in [1.29, 1.82) is 0 Å². The fourth-order valence-corrected chi connectivity index (χ4v) is 3.66. The van der Waals surface area contributed by atoms with Gasteiger partial charge in [0.1, 0.15) is 0 Å². The second kappa shape index (κ2) is 4.46. The number of halogens is 1. The summed E-state index contributed by atoms with van der Waals surface area (Å²) in [6.07, 6.45) is 3.71. The Bertz CT molecular complexity index is 518. The molecule has 16 heavy (non-hydrogen) atoms. The maximum Gasteiger partial charge on any atom is 0.0459 e. The highest BCUT2D eigenvalue weighted by atomic mass is 79.9. The van der Waals surface area contributed by atoms with Gasteiger partial charge in [0.25, 0.3) is 0 Å². The molecule has 1 N–H and O–H groups in total. The molecule has 0 saturated heterocycles. The van der Waals surface area contributed by atoms with Crippen LogP contribution in [0.2, 0.25) is 0 Å². The predicted octanol–water partition coefficient (Wildman–Crippen LogP) is 4.15. The van der Waals surface area contributed by atoms with Gasteiger partial charge < -0.3 is 4.98 Å². The van der Waals surface area contributed by atoms with Crippen molar-refractivity contribution < 1.29 is 0 Å². The van der Waals surface area contributed by atoms with E-state index in [0.717, 1.165) is 0 Å². The SMILES string of the molecule is Brc1ccc2[nH]c3c(c2c1)CCSCCC3. The average molecular weight is 296 g/mol. The van der Waals surface area contributed by atoms with Crippen LogP contribution in [0.4, 0.5) is 0 Å². The van der Waals surface area contributed by atoms with Gasteiger partial charge in [-0.15, -0.1) is 0 Å². The van der Waals surface area contributed by atoms with Gasteiger partial charge in [0, 0.05) is 21.1 Å². The zero-order valence-electron chi connectivity index (χ0n) is 9.05. The molecule has 0 atom stereocenters. The van der Waals surface area contributed by atoms with Crippen molar-refractivity contribution >= 4 is 38.6 Å². The molecular formula is C13H14BrNS. The highest BCUT2D eigenvalue weighted by molar-refractivity contribution is 9.10. The molecule has 1 aliphatic rings. The molecule has 1 aliphatic heterocycles. The summed E-state index contributed by atoms with van der Waals surface area (Å²) in [4.78, 5) is 3.58. The van der Waals surface area contributed by atoms with Crippen molar-refractivity contribution in [2.75, 3.05) is 11.5 Å². The van der Waals surface area contributed by atoms with E-state index in [-0.39, 0.29) is 0 Å². The number of hydrogen-bond donors (Lipinski definition) is 1. The fraction of sp³-hybridized carbons (Fsp3) is 0.385. The van der Waals surface area contributed by atoms with Crippen molar-refractivity contribution in [2.45, 2.75) is 19.3 Å². The Balaban J connectivity index is 2.17. The second-order valence-electron chi connectivity index (χ2n) is 4.24. The van der Waals surface area contributed by atoms with Crippen molar-refractivity contribution in [3.05, 3.63) is 33.9 Å². The van der Waals surface area contributed by atoms with Crippen molar-refractivity contribution in [3.63, 3.8) is 0 Å². The number of aryl methyl sites for hydroxylation is 2. The Morgan fingerprint density at radius 1 is 1.19 bits per heavy atom. The third-order valence-electron chi connectivity index (χ3n) is 3.17. The summed E-state index contributed by atoms with van der Waals surface area (Å²) in [5.41, 5.74) is 4.30. The van der Waals surface area contributed by atoms with E-state index in [1.54, 1.807) is 5.56 Å². The number of nitrogens with one attached hydrogen (secondary N) is 1. The minimum Gasteiger partial charge on any atom is -0.358 e. The summed E-state index contributed by atoms with van der Waals surface area (Å²) in [5.74, 6) is 2.56. The molecular weight excluding hydrogens is 282 g/mol. The van der Waals surface area contributed by atoms with Crippen LogP contribution in [0.1, 0.15) is 17.7 Å². The molecule has 0 fully saturated rings. The van der Waals surface area contributed by atoms with Gasteiger partial charge in [0.05, 0.1) is 0 Å². The molecule has 1 aromatic heterocycles. The van der Waals surface area contributed by atoms with Crippen molar-refractivity contribution in [2.24, 2.45) is 0 Å². The number of aromatic nitrogens is 1. The van der Waals surface area contributed by atoms with Crippen LogP contribution in [-0.2, 0) is 12.8 Å². The molecule has 2 heterocycles. The van der Waals surface area contributed by atoms with E-state index < -0.39 is 0 Å². The molecule has 2 aromatic rings. The lowest BCUT2D eigenvalue weighted by Crippen LogP contribution is -2.00. The number of aromatic amines is 1. The van der Waals surface area contributed by atoms with Crippen LogP contribution in [0.3, 0.4) is 0 Å². The number of H-pyrrole nitrogens is 1. The fourth-order valence-electron chi connectivity index (χ4n) is 2.40. The lowest BCUT2D eigenvalue weighted by atomic mass is 10.1. The first kappa shape index (κ1) is 10.7. The lowest BCUT2D eigenvalue weighted by Gasteiger charge is -2.09. The molecule has 0 saturated carbocycles. The Kier molecular flexibility index (Phi) is 2.99. The van der Waals surface area contributed by atoms with Gasteiger partial charge >= 0.3 is 0 Å². The Morgan fingerprint density at radius 2 is 2.12 bits per heavy atom. The smallest absolute Gasteiger partial charge is 0.0459 e. The highest BCUT2D eigenvalue weighted by Crippen LogP contribution is 2.29. The first-order valence-corrected chi connectivity index (χ1v) is 7.66. The molecule has 0 spiro atoms. The van der Waals surface area contributed by atoms with Crippen LogP contribution in [0.5, 0.6) is 0 Å². The standard InChI is InChI=1S/C13H14BrNS/c14-9-3-4-13-11(8-9)10-5-7-16-6-1-2-12(10)15-13/h3-4,8,15H,1-2,5-7H2. The molecule has 1 aromatic carbocycles. The van der Waals surface area contributed by atoms with Crippen molar-refractivity contribution in [1.82, 2.24) is 4.98 Å². The molecule has 3 heteroatoms. The van der Waals surface area contributed by atoms with Gasteiger partial charge in [0.2, 0.25) is 0 Å². The summed E-state index contributed by atoms with van der Waals surface area (Å²) in [5, 5.41) is 1.41. The van der Waals surface area contributed by atoms with Crippen LogP contribution < -0.4 is 0 Å². The lowest BCUT2D eigenvalue weighted by molar-refractivity contribution is 0.876. The minimum absolute atomic E-state index is 1.18. The second-order valence-corrected chi connectivity index (χ2v) is 6.38. The molecule has 0 unspecified atom stereocenters. The molecule has 0 aliphatic carbocycles. The number of rotatable bonds is 0. The van der Waals surface area contributed by atoms with Crippen LogP contribution in [0.15, 0.2) is 22.7 Å². The maximum absolute atomic E-state index is 3.58. The number of hydrogen-bond acceptors (Lipinski definition) is 1. The molecule has 0 bridgehead atoms. The Hall–Kier alpha value is -0.410. The molecule has 0 amide bonds. The topological polar surface area (TPSA) is 15.8 Å². The predicted molar refractivity (Wildman–Crippen MR) is 75.3 cm³/mol.